The summed E-state index contributed by atoms with van der Waals surface area (Å²) in [6.45, 7) is 1.81. The lowest BCUT2D eigenvalue weighted by Gasteiger charge is -2.21. The molecule has 2 N–H and O–H groups in total. The van der Waals surface area contributed by atoms with Gasteiger partial charge in [-0.3, -0.25) is 14.3 Å². The van der Waals surface area contributed by atoms with Crippen LogP contribution in [-0.4, -0.2) is 21.5 Å². The van der Waals surface area contributed by atoms with Crippen molar-refractivity contribution in [2.45, 2.75) is 13.5 Å². The van der Waals surface area contributed by atoms with Crippen LogP contribution in [0.4, 0.5) is 4.39 Å². The van der Waals surface area contributed by atoms with E-state index in [2.05, 4.69) is 15.3 Å². The van der Waals surface area contributed by atoms with E-state index in [1.165, 1.54) is 12.1 Å². The second-order valence-electron chi connectivity index (χ2n) is 7.23. The third-order valence-electron chi connectivity index (χ3n) is 4.96. The summed E-state index contributed by atoms with van der Waals surface area (Å²) in [5.41, 5.74) is 1.57. The number of nitrogens with one attached hydrogen (secondary N) is 1. The van der Waals surface area contributed by atoms with Crippen LogP contribution in [0.25, 0.3) is 0 Å². The summed E-state index contributed by atoms with van der Waals surface area (Å²) in [5.74, 6) is -1.99. The van der Waals surface area contributed by atoms with Gasteiger partial charge in [0.25, 0.3) is 13.3 Å². The molecule has 0 spiro atoms. The number of pyridine rings is 1. The number of benzene rings is 1. The minimum absolute atomic E-state index is 0.0813. The van der Waals surface area contributed by atoms with E-state index in [9.17, 15) is 18.6 Å². The highest BCUT2D eigenvalue weighted by Crippen LogP contribution is 2.57. The van der Waals surface area contributed by atoms with E-state index in [-0.39, 0.29) is 22.9 Å². The summed E-state index contributed by atoms with van der Waals surface area (Å²) in [5, 5.41) is 2.90. The molecule has 2 aliphatic rings. The van der Waals surface area contributed by atoms with Crippen molar-refractivity contribution in [3.05, 3.63) is 93.9 Å². The second-order valence-corrected chi connectivity index (χ2v) is 9.82. The first-order valence-corrected chi connectivity index (χ1v) is 11.5. The molecule has 2 aromatic rings. The topological polar surface area (TPSA) is 91.6 Å². The molecule has 2 heterocycles. The van der Waals surface area contributed by atoms with Crippen LogP contribution in [0.15, 0.2) is 82.0 Å². The minimum Gasteiger partial charge on any atom is -0.347 e. The average Bonchev–Trinajstić information content (AvgIpc) is 3.11. The lowest BCUT2D eigenvalue weighted by atomic mass is 9.99. The van der Waals surface area contributed by atoms with Gasteiger partial charge in [-0.15, -0.1) is 0 Å². The van der Waals surface area contributed by atoms with Gasteiger partial charge >= 0.3 is 0 Å². The Kier molecular flexibility index (Phi) is 5.75. The zero-order valence-corrected chi connectivity index (χ0v) is 18.1. The number of halogens is 2. The number of amides is 1. The number of aliphatic imine (C=N–C) groups is 1. The molecule has 1 amide bonds. The highest BCUT2D eigenvalue weighted by molar-refractivity contribution is 7.70. The Hall–Kier alpha value is -2.86. The summed E-state index contributed by atoms with van der Waals surface area (Å²) >= 11 is 6.12. The van der Waals surface area contributed by atoms with Crippen LogP contribution in [0.5, 0.6) is 0 Å². The van der Waals surface area contributed by atoms with Crippen molar-refractivity contribution in [2.24, 2.45) is 10.9 Å². The maximum Gasteiger partial charge on any atom is 0.270 e. The highest BCUT2D eigenvalue weighted by Gasteiger charge is 2.43. The van der Waals surface area contributed by atoms with Gasteiger partial charge in [0.05, 0.1) is 16.9 Å². The first-order chi connectivity index (χ1) is 14.8. The molecule has 0 saturated heterocycles. The SMILES string of the molecule is Cc1cc(F)cc(P(=O)(O)C2=C(C(=O)NCc3ccncc3)N=C3C=CC(Cl)=CC32)c1. The van der Waals surface area contributed by atoms with Gasteiger partial charge in [0.2, 0.25) is 0 Å². The van der Waals surface area contributed by atoms with Crippen molar-refractivity contribution in [3.63, 3.8) is 0 Å². The molecule has 1 aromatic heterocycles. The molecule has 2 atom stereocenters. The third kappa shape index (κ3) is 4.30. The number of hydrogen-bond acceptors (Lipinski definition) is 4. The van der Waals surface area contributed by atoms with Crippen LogP contribution in [0, 0.1) is 18.7 Å². The van der Waals surface area contributed by atoms with Crippen molar-refractivity contribution < 1.29 is 18.6 Å². The van der Waals surface area contributed by atoms with Crippen LogP contribution < -0.4 is 10.6 Å². The van der Waals surface area contributed by atoms with Gasteiger partial charge in [0.15, 0.2) is 0 Å². The molecular formula is C22H18ClFN3O3P. The summed E-state index contributed by atoms with van der Waals surface area (Å²) < 4.78 is 27.6. The van der Waals surface area contributed by atoms with Crippen molar-refractivity contribution >= 4 is 35.9 Å². The quantitative estimate of drug-likeness (QED) is 0.669. The summed E-state index contributed by atoms with van der Waals surface area (Å²) in [4.78, 5) is 32.4. The van der Waals surface area contributed by atoms with Crippen LogP contribution in [0.3, 0.4) is 0 Å². The summed E-state index contributed by atoms with van der Waals surface area (Å²) in [6, 6.07) is 7.19. The number of carbonyl (C=O) groups excluding carboxylic acids is 1. The largest absolute Gasteiger partial charge is 0.347 e. The van der Waals surface area contributed by atoms with Crippen LogP contribution >= 0.6 is 19.0 Å². The zero-order valence-electron chi connectivity index (χ0n) is 16.4. The molecule has 1 aromatic carbocycles. The highest BCUT2D eigenvalue weighted by atomic mass is 35.5. The van der Waals surface area contributed by atoms with Gasteiger partial charge in [-0.25, -0.2) is 9.38 Å². The van der Waals surface area contributed by atoms with Crippen molar-refractivity contribution in [3.8, 4) is 0 Å². The average molecular weight is 458 g/mol. The van der Waals surface area contributed by atoms with E-state index in [1.54, 1.807) is 49.7 Å². The van der Waals surface area contributed by atoms with Crippen molar-refractivity contribution in [1.82, 2.24) is 10.3 Å². The Morgan fingerprint density at radius 1 is 1.26 bits per heavy atom. The van der Waals surface area contributed by atoms with E-state index in [0.717, 1.165) is 11.6 Å². The van der Waals surface area contributed by atoms with Crippen LogP contribution in [0.2, 0.25) is 0 Å². The number of aryl methyl sites for hydroxylation is 1. The van der Waals surface area contributed by atoms with Gasteiger partial charge in [0.1, 0.15) is 11.5 Å². The molecule has 9 heteroatoms. The molecule has 0 radical (unpaired) electrons. The number of fused-ring (bicyclic) bond motifs is 1. The molecule has 0 fully saturated rings. The smallest absolute Gasteiger partial charge is 0.270 e. The Morgan fingerprint density at radius 2 is 2.00 bits per heavy atom. The van der Waals surface area contributed by atoms with E-state index in [4.69, 9.17) is 11.6 Å². The van der Waals surface area contributed by atoms with Crippen molar-refractivity contribution in [2.75, 3.05) is 0 Å². The molecule has 31 heavy (non-hydrogen) atoms. The lowest BCUT2D eigenvalue weighted by Crippen LogP contribution is -2.25. The predicted octanol–water partition coefficient (Wildman–Crippen LogP) is 3.72. The van der Waals surface area contributed by atoms with Crippen LogP contribution in [0.1, 0.15) is 11.1 Å². The molecule has 0 bridgehead atoms. The van der Waals surface area contributed by atoms with Gasteiger partial charge < -0.3 is 10.2 Å². The third-order valence-corrected chi connectivity index (χ3v) is 7.31. The predicted molar refractivity (Wildman–Crippen MR) is 118 cm³/mol. The molecule has 1 aliphatic carbocycles. The number of hydrogen-bond donors (Lipinski definition) is 2. The number of allylic oxidation sites excluding steroid dienone is 5. The number of aromatic nitrogens is 1. The molecule has 158 valence electrons. The number of rotatable bonds is 5. The monoisotopic (exact) mass is 457 g/mol. The minimum atomic E-state index is -4.35. The van der Waals surface area contributed by atoms with Crippen molar-refractivity contribution in [1.29, 1.82) is 0 Å². The lowest BCUT2D eigenvalue weighted by molar-refractivity contribution is -0.117. The number of carbonyl (C=O) groups is 1. The standard InChI is InChI=1S/C22H18ClFN3O3P/c1-13-8-16(24)11-17(9-13)31(29,30)21-18-10-15(23)2-3-19(18)27-20(21)22(28)26-12-14-4-6-25-7-5-14/h2-11,18H,12H2,1H3,(H,26,28)(H,29,30). The molecule has 4 rings (SSSR count). The fourth-order valence-corrected chi connectivity index (χ4v) is 5.69. The normalized spacial score (nSPS) is 19.4. The van der Waals surface area contributed by atoms with Gasteiger partial charge in [0, 0.05) is 29.3 Å². The van der Waals surface area contributed by atoms with Gasteiger partial charge in [-0.05, 0) is 60.5 Å². The molecule has 6 nitrogen and oxygen atoms in total. The Bertz CT molecular complexity index is 1220. The molecule has 1 aliphatic heterocycles. The first-order valence-electron chi connectivity index (χ1n) is 9.42. The Balaban J connectivity index is 1.77. The molecular weight excluding hydrogens is 440 g/mol. The molecule has 0 saturated carbocycles. The Morgan fingerprint density at radius 3 is 2.71 bits per heavy atom. The van der Waals surface area contributed by atoms with Gasteiger partial charge in [-0.2, -0.15) is 0 Å². The number of nitrogens with zero attached hydrogens (tertiary/aromatic N) is 2. The van der Waals surface area contributed by atoms with Crippen LogP contribution in [-0.2, 0) is 15.9 Å². The maximum atomic E-state index is 14.0. The van der Waals surface area contributed by atoms with E-state index in [1.807, 2.05) is 0 Å². The molecule has 2 unspecified atom stereocenters. The second kappa shape index (κ2) is 8.35. The fourth-order valence-electron chi connectivity index (χ4n) is 3.53. The van der Waals surface area contributed by atoms with E-state index >= 15 is 0 Å². The van der Waals surface area contributed by atoms with E-state index < -0.39 is 25.0 Å². The van der Waals surface area contributed by atoms with E-state index in [0.29, 0.717) is 16.3 Å². The summed E-state index contributed by atoms with van der Waals surface area (Å²) in [6.07, 6.45) is 7.96. The maximum absolute atomic E-state index is 14.0. The fraction of sp³-hybridized carbons (Fsp3) is 0.136. The zero-order chi connectivity index (χ0) is 22.2. The Labute approximate surface area is 183 Å². The van der Waals surface area contributed by atoms with Gasteiger partial charge in [-0.1, -0.05) is 17.7 Å². The summed E-state index contributed by atoms with van der Waals surface area (Å²) in [7, 11) is -4.35. The first kappa shape index (κ1) is 21.4.